The molecule has 3 aromatic rings. The Hall–Kier alpha value is -2.83. The first-order valence-corrected chi connectivity index (χ1v) is 7.71. The Bertz CT molecular complexity index is 903. The van der Waals surface area contributed by atoms with Crippen LogP contribution < -0.4 is 4.74 Å². The van der Waals surface area contributed by atoms with Gasteiger partial charge in [0, 0.05) is 10.6 Å². The molecule has 3 aromatic carbocycles. The fourth-order valence-electron chi connectivity index (χ4n) is 2.36. The quantitative estimate of drug-likeness (QED) is 0.621. The summed E-state index contributed by atoms with van der Waals surface area (Å²) in [6.07, 6.45) is 0. The first-order valence-electron chi connectivity index (χ1n) is 7.33. The predicted molar refractivity (Wildman–Crippen MR) is 92.3 cm³/mol. The number of ether oxygens (including phenoxy) is 1. The molecular weight excluding hydrogens is 325 g/mol. The van der Waals surface area contributed by atoms with E-state index in [4.69, 9.17) is 16.3 Å². The zero-order valence-corrected chi connectivity index (χ0v) is 13.4. The number of nitriles is 1. The van der Waals surface area contributed by atoms with E-state index in [-0.39, 0.29) is 5.82 Å². The van der Waals surface area contributed by atoms with E-state index in [9.17, 15) is 9.65 Å². The minimum Gasteiger partial charge on any atom is -0.488 e. The van der Waals surface area contributed by atoms with Gasteiger partial charge in [-0.15, -0.1) is 0 Å². The summed E-state index contributed by atoms with van der Waals surface area (Å²) in [5.74, 6) is 0.0738. The Kier molecular flexibility index (Phi) is 4.79. The van der Waals surface area contributed by atoms with Crippen molar-refractivity contribution in [2.75, 3.05) is 0 Å². The minimum absolute atomic E-state index is 0.343. The Morgan fingerprint density at radius 3 is 2.54 bits per heavy atom. The molecule has 24 heavy (non-hydrogen) atoms. The van der Waals surface area contributed by atoms with Gasteiger partial charge in [0.15, 0.2) is 0 Å². The summed E-state index contributed by atoms with van der Waals surface area (Å²) in [7, 11) is 0. The maximum atomic E-state index is 13.5. The molecule has 0 amide bonds. The molecule has 0 fully saturated rings. The van der Waals surface area contributed by atoms with Crippen LogP contribution in [0.4, 0.5) is 4.39 Å². The molecular formula is C20H13ClFNO. The van der Waals surface area contributed by atoms with Crippen molar-refractivity contribution in [3.05, 3.63) is 88.7 Å². The van der Waals surface area contributed by atoms with E-state index in [2.05, 4.69) is 6.07 Å². The molecule has 4 heteroatoms. The van der Waals surface area contributed by atoms with Crippen LogP contribution in [0.5, 0.6) is 5.75 Å². The molecule has 118 valence electrons. The number of rotatable bonds is 4. The van der Waals surface area contributed by atoms with E-state index in [1.165, 1.54) is 18.2 Å². The summed E-state index contributed by atoms with van der Waals surface area (Å²) in [6, 6.07) is 21.0. The molecule has 0 aliphatic rings. The fourth-order valence-corrected chi connectivity index (χ4v) is 2.58. The lowest BCUT2D eigenvalue weighted by molar-refractivity contribution is 0.305. The number of hydrogen-bond donors (Lipinski definition) is 0. The molecule has 0 radical (unpaired) electrons. The van der Waals surface area contributed by atoms with Crippen molar-refractivity contribution in [1.82, 2.24) is 0 Å². The van der Waals surface area contributed by atoms with Crippen molar-refractivity contribution in [3.8, 4) is 22.9 Å². The summed E-state index contributed by atoms with van der Waals surface area (Å²) in [5, 5.41) is 9.70. The molecule has 0 heterocycles. The normalized spacial score (nSPS) is 10.2. The average molecular weight is 338 g/mol. The summed E-state index contributed by atoms with van der Waals surface area (Å²) in [6.45, 7) is 0.343. The Morgan fingerprint density at radius 1 is 1.00 bits per heavy atom. The van der Waals surface area contributed by atoms with E-state index in [0.717, 1.165) is 5.56 Å². The molecule has 0 saturated carbocycles. The van der Waals surface area contributed by atoms with Crippen LogP contribution in [-0.4, -0.2) is 0 Å². The highest BCUT2D eigenvalue weighted by Gasteiger charge is 2.10. The van der Waals surface area contributed by atoms with Crippen molar-refractivity contribution in [2.24, 2.45) is 0 Å². The second kappa shape index (κ2) is 7.16. The van der Waals surface area contributed by atoms with Gasteiger partial charge in [-0.05, 0) is 41.5 Å². The maximum Gasteiger partial charge on any atom is 0.138 e. The van der Waals surface area contributed by atoms with Gasteiger partial charge in [0.2, 0.25) is 0 Å². The van der Waals surface area contributed by atoms with Crippen molar-refractivity contribution < 1.29 is 9.13 Å². The molecule has 2 nitrogen and oxygen atoms in total. The topological polar surface area (TPSA) is 33.0 Å². The van der Waals surface area contributed by atoms with Crippen molar-refractivity contribution >= 4 is 11.6 Å². The van der Waals surface area contributed by atoms with Gasteiger partial charge in [0.25, 0.3) is 0 Å². The van der Waals surface area contributed by atoms with E-state index < -0.39 is 0 Å². The summed E-state index contributed by atoms with van der Waals surface area (Å²) in [4.78, 5) is 0. The van der Waals surface area contributed by atoms with Gasteiger partial charge in [0.1, 0.15) is 24.2 Å². The largest absolute Gasteiger partial charge is 0.488 e. The highest BCUT2D eigenvalue weighted by Crippen LogP contribution is 2.32. The van der Waals surface area contributed by atoms with E-state index in [1.54, 1.807) is 18.2 Å². The van der Waals surface area contributed by atoms with Gasteiger partial charge < -0.3 is 4.74 Å². The van der Waals surface area contributed by atoms with Crippen LogP contribution in [0.3, 0.4) is 0 Å². The lowest BCUT2D eigenvalue weighted by Crippen LogP contribution is -1.97. The average Bonchev–Trinajstić information content (AvgIpc) is 2.62. The molecule has 0 bridgehead atoms. The van der Waals surface area contributed by atoms with E-state index >= 15 is 0 Å². The van der Waals surface area contributed by atoms with Crippen molar-refractivity contribution in [3.63, 3.8) is 0 Å². The minimum atomic E-state index is -0.370. The second-order valence-electron chi connectivity index (χ2n) is 5.22. The van der Waals surface area contributed by atoms with Gasteiger partial charge >= 0.3 is 0 Å². The van der Waals surface area contributed by atoms with E-state index in [1.807, 2.05) is 30.3 Å². The molecule has 0 spiro atoms. The van der Waals surface area contributed by atoms with E-state index in [0.29, 0.717) is 34.1 Å². The number of benzene rings is 3. The Balaban J connectivity index is 1.94. The maximum absolute atomic E-state index is 13.5. The summed E-state index contributed by atoms with van der Waals surface area (Å²) >= 11 is 6.16. The second-order valence-corrected chi connectivity index (χ2v) is 5.63. The van der Waals surface area contributed by atoms with Crippen LogP contribution in [0.25, 0.3) is 11.1 Å². The molecule has 0 aliphatic carbocycles. The lowest BCUT2D eigenvalue weighted by atomic mass is 10.0. The number of halogens is 2. The van der Waals surface area contributed by atoms with Gasteiger partial charge in [-0.2, -0.15) is 5.26 Å². The smallest absolute Gasteiger partial charge is 0.138 e. The van der Waals surface area contributed by atoms with Gasteiger partial charge in [-0.25, -0.2) is 4.39 Å². The van der Waals surface area contributed by atoms with Crippen LogP contribution in [-0.2, 0) is 6.61 Å². The van der Waals surface area contributed by atoms with Crippen LogP contribution in [0.15, 0.2) is 66.7 Å². The van der Waals surface area contributed by atoms with Crippen LogP contribution >= 0.6 is 11.6 Å². The van der Waals surface area contributed by atoms with Gasteiger partial charge in [0.05, 0.1) is 5.56 Å². The highest BCUT2D eigenvalue weighted by molar-refractivity contribution is 6.33. The fraction of sp³-hybridized carbons (Fsp3) is 0.0500. The monoisotopic (exact) mass is 337 g/mol. The van der Waals surface area contributed by atoms with Crippen LogP contribution in [0.1, 0.15) is 11.1 Å². The van der Waals surface area contributed by atoms with Crippen molar-refractivity contribution in [2.45, 2.75) is 6.61 Å². The van der Waals surface area contributed by atoms with Gasteiger partial charge in [-0.1, -0.05) is 48.0 Å². The molecule has 0 unspecified atom stereocenters. The highest BCUT2D eigenvalue weighted by atomic mass is 35.5. The van der Waals surface area contributed by atoms with Crippen LogP contribution in [0, 0.1) is 17.1 Å². The van der Waals surface area contributed by atoms with Crippen molar-refractivity contribution in [1.29, 1.82) is 5.26 Å². The lowest BCUT2D eigenvalue weighted by Gasteiger charge is -2.11. The first-order chi connectivity index (χ1) is 11.7. The molecule has 3 rings (SSSR count). The Labute approximate surface area is 144 Å². The zero-order chi connectivity index (χ0) is 16.9. The molecule has 0 N–H and O–H groups in total. The molecule has 0 aromatic heterocycles. The van der Waals surface area contributed by atoms with Gasteiger partial charge in [-0.3, -0.25) is 0 Å². The predicted octanol–water partition coefficient (Wildman–Crippen LogP) is 5.60. The first kappa shape index (κ1) is 16.0. The Morgan fingerprint density at radius 2 is 1.79 bits per heavy atom. The summed E-state index contributed by atoms with van der Waals surface area (Å²) in [5.41, 5.74) is 2.67. The summed E-state index contributed by atoms with van der Waals surface area (Å²) < 4.78 is 19.3. The molecule has 0 saturated heterocycles. The molecule has 0 atom stereocenters. The number of nitrogens with zero attached hydrogens (tertiary/aromatic N) is 1. The standard InChI is InChI=1S/C20H13ClFNO/c21-19-9-8-17(22)11-18(19)15-6-7-16(12-23)20(10-15)24-13-14-4-2-1-3-5-14/h1-11H,13H2. The molecule has 0 aliphatic heterocycles. The zero-order valence-electron chi connectivity index (χ0n) is 12.7. The third-order valence-corrected chi connectivity index (χ3v) is 3.91. The van der Waals surface area contributed by atoms with Crippen LogP contribution in [0.2, 0.25) is 5.02 Å². The third kappa shape index (κ3) is 3.56. The SMILES string of the molecule is N#Cc1ccc(-c2cc(F)ccc2Cl)cc1OCc1ccccc1. The third-order valence-electron chi connectivity index (χ3n) is 3.58. The number of hydrogen-bond acceptors (Lipinski definition) is 2.